The molecule has 0 unspecified atom stereocenters. The Labute approximate surface area is 126 Å². The summed E-state index contributed by atoms with van der Waals surface area (Å²) in [4.78, 5) is 0. The highest BCUT2D eigenvalue weighted by Gasteiger charge is 2.03. The fraction of sp³-hybridized carbons (Fsp3) is 0.389. The number of aromatic nitrogens is 2. The van der Waals surface area contributed by atoms with Gasteiger partial charge in [0.25, 0.3) is 0 Å². The maximum absolute atomic E-state index is 4.24. The Morgan fingerprint density at radius 3 is 2.76 bits per heavy atom. The van der Waals surface area contributed by atoms with Gasteiger partial charge in [-0.25, -0.2) is 4.68 Å². The summed E-state index contributed by atoms with van der Waals surface area (Å²) in [6.45, 7) is 2.01. The van der Waals surface area contributed by atoms with Crippen molar-refractivity contribution in [3.63, 3.8) is 0 Å². The van der Waals surface area contributed by atoms with E-state index < -0.39 is 0 Å². The lowest BCUT2D eigenvalue weighted by atomic mass is 9.97. The van der Waals surface area contributed by atoms with E-state index in [0.29, 0.717) is 0 Å². The van der Waals surface area contributed by atoms with Crippen molar-refractivity contribution in [3.8, 4) is 5.69 Å². The first-order valence-electron chi connectivity index (χ1n) is 7.89. The standard InChI is InChI=1S/C18H23N3/c1-2-5-16(6-3-1)11-13-19-15-17-7-9-18(10-8-17)21-14-4-12-20-21/h4-5,7-10,12,14,19H,1-3,6,11,13,15H2. The lowest BCUT2D eigenvalue weighted by molar-refractivity contribution is 0.632. The van der Waals surface area contributed by atoms with Gasteiger partial charge >= 0.3 is 0 Å². The van der Waals surface area contributed by atoms with E-state index in [2.05, 4.69) is 40.8 Å². The lowest BCUT2D eigenvalue weighted by Crippen LogP contribution is -2.15. The molecule has 1 heterocycles. The van der Waals surface area contributed by atoms with Crippen LogP contribution in [0.4, 0.5) is 0 Å². The average Bonchev–Trinajstić information content (AvgIpc) is 3.08. The molecule has 0 spiro atoms. The fourth-order valence-corrected chi connectivity index (χ4v) is 2.80. The van der Waals surface area contributed by atoms with Crippen LogP contribution < -0.4 is 5.32 Å². The summed E-state index contributed by atoms with van der Waals surface area (Å²) in [5.41, 5.74) is 4.07. The quantitative estimate of drug-likeness (QED) is 0.644. The summed E-state index contributed by atoms with van der Waals surface area (Å²) in [5, 5.41) is 7.78. The topological polar surface area (TPSA) is 29.9 Å². The largest absolute Gasteiger partial charge is 0.312 e. The number of nitrogens with one attached hydrogen (secondary N) is 1. The van der Waals surface area contributed by atoms with Gasteiger partial charge in [0.15, 0.2) is 0 Å². The van der Waals surface area contributed by atoms with Crippen LogP contribution in [0.25, 0.3) is 5.69 Å². The third-order valence-corrected chi connectivity index (χ3v) is 4.04. The van der Waals surface area contributed by atoms with Crippen molar-refractivity contribution in [1.82, 2.24) is 15.1 Å². The summed E-state index contributed by atoms with van der Waals surface area (Å²) in [7, 11) is 0. The summed E-state index contributed by atoms with van der Waals surface area (Å²) in [6.07, 6.45) is 12.7. The van der Waals surface area contributed by atoms with E-state index in [1.807, 2.05) is 16.9 Å². The van der Waals surface area contributed by atoms with Gasteiger partial charge in [-0.1, -0.05) is 23.8 Å². The predicted octanol–water partition coefficient (Wildman–Crippen LogP) is 3.85. The van der Waals surface area contributed by atoms with Gasteiger partial charge < -0.3 is 5.32 Å². The number of hydrogen-bond donors (Lipinski definition) is 1. The van der Waals surface area contributed by atoms with E-state index in [1.54, 1.807) is 11.8 Å². The Morgan fingerprint density at radius 1 is 1.14 bits per heavy atom. The molecule has 0 fully saturated rings. The average molecular weight is 281 g/mol. The monoisotopic (exact) mass is 281 g/mol. The highest BCUT2D eigenvalue weighted by atomic mass is 15.3. The smallest absolute Gasteiger partial charge is 0.0645 e. The van der Waals surface area contributed by atoms with Gasteiger partial charge in [-0.3, -0.25) is 0 Å². The Hall–Kier alpha value is -1.87. The zero-order chi connectivity index (χ0) is 14.3. The molecule has 3 nitrogen and oxygen atoms in total. The first kappa shape index (κ1) is 14.1. The minimum atomic E-state index is 0.937. The Balaban J connectivity index is 1.44. The van der Waals surface area contributed by atoms with Crippen LogP contribution in [0.2, 0.25) is 0 Å². The van der Waals surface area contributed by atoms with E-state index in [-0.39, 0.29) is 0 Å². The van der Waals surface area contributed by atoms with Crippen LogP contribution in [-0.2, 0) is 6.54 Å². The van der Waals surface area contributed by atoms with Gasteiger partial charge in [-0.2, -0.15) is 5.10 Å². The summed E-state index contributed by atoms with van der Waals surface area (Å²) < 4.78 is 1.88. The number of allylic oxidation sites excluding steroid dienone is 1. The number of nitrogens with zero attached hydrogens (tertiary/aromatic N) is 2. The third kappa shape index (κ3) is 4.05. The van der Waals surface area contributed by atoms with Crippen molar-refractivity contribution >= 4 is 0 Å². The second-order valence-electron chi connectivity index (χ2n) is 5.65. The lowest BCUT2D eigenvalue weighted by Gasteiger charge is -2.13. The van der Waals surface area contributed by atoms with Gasteiger partial charge in [0, 0.05) is 18.9 Å². The highest BCUT2D eigenvalue weighted by molar-refractivity contribution is 5.33. The first-order chi connectivity index (χ1) is 10.4. The Morgan fingerprint density at radius 2 is 2.05 bits per heavy atom. The maximum atomic E-state index is 4.24. The zero-order valence-corrected chi connectivity index (χ0v) is 12.5. The van der Waals surface area contributed by atoms with Gasteiger partial charge in [0.05, 0.1) is 5.69 Å². The number of rotatable bonds is 6. The van der Waals surface area contributed by atoms with Gasteiger partial charge in [-0.05, 0) is 62.4 Å². The van der Waals surface area contributed by atoms with Crippen molar-refractivity contribution in [2.75, 3.05) is 6.54 Å². The minimum absolute atomic E-state index is 0.937. The van der Waals surface area contributed by atoms with E-state index in [9.17, 15) is 0 Å². The number of hydrogen-bond acceptors (Lipinski definition) is 2. The van der Waals surface area contributed by atoms with Crippen LogP contribution in [0.1, 0.15) is 37.7 Å². The SMILES string of the molecule is C1=C(CCNCc2ccc(-n3cccn3)cc2)CCCC1. The summed E-state index contributed by atoms with van der Waals surface area (Å²) in [6, 6.07) is 10.5. The molecule has 1 N–H and O–H groups in total. The molecule has 3 heteroatoms. The molecule has 3 rings (SSSR count). The van der Waals surface area contributed by atoms with Crippen molar-refractivity contribution in [2.24, 2.45) is 0 Å². The normalized spacial score (nSPS) is 15.0. The van der Waals surface area contributed by atoms with Crippen LogP contribution >= 0.6 is 0 Å². The summed E-state index contributed by atoms with van der Waals surface area (Å²) >= 11 is 0. The van der Waals surface area contributed by atoms with Crippen LogP contribution in [0.3, 0.4) is 0 Å². The highest BCUT2D eigenvalue weighted by Crippen LogP contribution is 2.19. The van der Waals surface area contributed by atoms with E-state index >= 15 is 0 Å². The molecule has 21 heavy (non-hydrogen) atoms. The molecular weight excluding hydrogens is 258 g/mol. The van der Waals surface area contributed by atoms with E-state index in [0.717, 1.165) is 18.8 Å². The second kappa shape index (κ2) is 7.23. The van der Waals surface area contributed by atoms with E-state index in [1.165, 1.54) is 37.7 Å². The molecule has 0 amide bonds. The predicted molar refractivity (Wildman–Crippen MR) is 86.4 cm³/mol. The van der Waals surface area contributed by atoms with Gasteiger partial charge in [0.1, 0.15) is 0 Å². The molecule has 1 aliphatic carbocycles. The molecule has 0 saturated carbocycles. The molecule has 110 valence electrons. The van der Waals surface area contributed by atoms with Crippen molar-refractivity contribution in [2.45, 2.75) is 38.6 Å². The maximum Gasteiger partial charge on any atom is 0.0645 e. The van der Waals surface area contributed by atoms with E-state index in [4.69, 9.17) is 0 Å². The molecule has 1 aromatic heterocycles. The van der Waals surface area contributed by atoms with Crippen molar-refractivity contribution < 1.29 is 0 Å². The molecule has 0 bridgehead atoms. The molecule has 0 atom stereocenters. The second-order valence-corrected chi connectivity index (χ2v) is 5.65. The number of benzene rings is 1. The Bertz CT molecular complexity index is 567. The van der Waals surface area contributed by atoms with Crippen molar-refractivity contribution in [3.05, 3.63) is 59.9 Å². The van der Waals surface area contributed by atoms with Crippen LogP contribution in [-0.4, -0.2) is 16.3 Å². The third-order valence-electron chi connectivity index (χ3n) is 4.04. The van der Waals surface area contributed by atoms with Gasteiger partial charge in [-0.15, -0.1) is 0 Å². The molecule has 1 aromatic carbocycles. The molecule has 0 saturated heterocycles. The molecule has 1 aliphatic rings. The molecule has 0 aliphatic heterocycles. The van der Waals surface area contributed by atoms with Crippen LogP contribution in [0.5, 0.6) is 0 Å². The zero-order valence-electron chi connectivity index (χ0n) is 12.5. The first-order valence-corrected chi connectivity index (χ1v) is 7.89. The van der Waals surface area contributed by atoms with Crippen LogP contribution in [0.15, 0.2) is 54.4 Å². The minimum Gasteiger partial charge on any atom is -0.312 e. The molecule has 0 radical (unpaired) electrons. The van der Waals surface area contributed by atoms with Gasteiger partial charge in [0.2, 0.25) is 0 Å². The molecule has 2 aromatic rings. The summed E-state index contributed by atoms with van der Waals surface area (Å²) in [5.74, 6) is 0. The van der Waals surface area contributed by atoms with Crippen molar-refractivity contribution in [1.29, 1.82) is 0 Å². The molecular formula is C18H23N3. The Kier molecular flexibility index (Phi) is 4.85. The fourth-order valence-electron chi connectivity index (χ4n) is 2.80. The van der Waals surface area contributed by atoms with Crippen LogP contribution in [0, 0.1) is 0 Å².